The van der Waals surface area contributed by atoms with E-state index in [4.69, 9.17) is 26.1 Å². The van der Waals surface area contributed by atoms with Crippen molar-refractivity contribution in [3.05, 3.63) is 52.0 Å². The highest BCUT2D eigenvalue weighted by atomic mass is 35.5. The predicted molar refractivity (Wildman–Crippen MR) is 125 cm³/mol. The molecule has 1 aliphatic rings. The Kier molecular flexibility index (Phi) is 6.83. The molecule has 164 valence electrons. The second kappa shape index (κ2) is 9.75. The molecule has 0 radical (unpaired) electrons. The minimum absolute atomic E-state index is 0.0120. The fourth-order valence-electron chi connectivity index (χ4n) is 3.90. The van der Waals surface area contributed by atoms with Crippen molar-refractivity contribution in [2.24, 2.45) is 0 Å². The molecular weight excluding hydrogens is 434 g/mol. The Hall–Kier alpha value is -2.51. The Labute approximate surface area is 191 Å². The first-order chi connectivity index (χ1) is 15.1. The van der Waals surface area contributed by atoms with E-state index in [0.29, 0.717) is 23.9 Å². The van der Waals surface area contributed by atoms with Crippen LogP contribution < -0.4 is 14.8 Å². The van der Waals surface area contributed by atoms with E-state index in [1.54, 1.807) is 25.6 Å². The van der Waals surface area contributed by atoms with Crippen LogP contribution in [0.3, 0.4) is 0 Å². The van der Waals surface area contributed by atoms with Crippen LogP contribution in [-0.2, 0) is 6.42 Å². The van der Waals surface area contributed by atoms with Crippen molar-refractivity contribution in [2.45, 2.75) is 25.2 Å². The number of fused-ring (bicyclic) bond motifs is 1. The molecule has 0 saturated carbocycles. The summed E-state index contributed by atoms with van der Waals surface area (Å²) in [5, 5.41) is 4.89. The molecule has 2 aromatic carbocycles. The van der Waals surface area contributed by atoms with Crippen LogP contribution in [0.15, 0.2) is 36.4 Å². The number of benzene rings is 2. The largest absolute Gasteiger partial charge is 0.497 e. The van der Waals surface area contributed by atoms with E-state index in [0.717, 1.165) is 58.2 Å². The van der Waals surface area contributed by atoms with Gasteiger partial charge in [-0.15, -0.1) is 11.3 Å². The monoisotopic (exact) mass is 459 g/mol. The number of urea groups is 1. The molecule has 4 rings (SSSR count). The van der Waals surface area contributed by atoms with E-state index in [1.807, 2.05) is 41.3 Å². The molecular formula is C23H26ClN3O3S. The lowest BCUT2D eigenvalue weighted by atomic mass is 9.98. The molecule has 1 aliphatic heterocycles. The van der Waals surface area contributed by atoms with Gasteiger partial charge < -0.3 is 19.7 Å². The number of nitrogens with zero attached hydrogens (tertiary/aromatic N) is 2. The van der Waals surface area contributed by atoms with E-state index in [2.05, 4.69) is 5.32 Å². The summed E-state index contributed by atoms with van der Waals surface area (Å²) in [7, 11) is 3.27. The first kappa shape index (κ1) is 21.7. The quantitative estimate of drug-likeness (QED) is 0.557. The summed E-state index contributed by atoms with van der Waals surface area (Å²) in [6.07, 6.45) is 2.55. The summed E-state index contributed by atoms with van der Waals surface area (Å²) in [6, 6.07) is 11.6. The number of likely N-dealkylation sites (tertiary alicyclic amines) is 1. The van der Waals surface area contributed by atoms with E-state index < -0.39 is 0 Å². The number of amides is 2. The van der Waals surface area contributed by atoms with Crippen LogP contribution in [0.2, 0.25) is 5.02 Å². The predicted octanol–water partition coefficient (Wildman–Crippen LogP) is 5.10. The zero-order chi connectivity index (χ0) is 21.8. The smallest absolute Gasteiger partial charge is 0.317 e. The fourth-order valence-corrected chi connectivity index (χ4v) is 5.18. The number of carbonyl (C=O) groups is 1. The Morgan fingerprint density at radius 2 is 2.00 bits per heavy atom. The maximum Gasteiger partial charge on any atom is 0.317 e. The van der Waals surface area contributed by atoms with Crippen LogP contribution in [0.4, 0.5) is 4.79 Å². The molecule has 1 aromatic heterocycles. The minimum atomic E-state index is -0.0120. The Balaban J connectivity index is 1.27. The molecule has 8 heteroatoms. The van der Waals surface area contributed by atoms with Crippen molar-refractivity contribution in [3.8, 4) is 11.5 Å². The third-order valence-electron chi connectivity index (χ3n) is 5.66. The van der Waals surface area contributed by atoms with Gasteiger partial charge in [0, 0.05) is 36.6 Å². The third kappa shape index (κ3) is 5.05. The third-order valence-corrected chi connectivity index (χ3v) is 7.10. The summed E-state index contributed by atoms with van der Waals surface area (Å²) in [4.78, 5) is 19.3. The van der Waals surface area contributed by atoms with Crippen molar-refractivity contribution < 1.29 is 14.3 Å². The number of thiazole rings is 1. The summed E-state index contributed by atoms with van der Waals surface area (Å²) < 4.78 is 11.8. The molecule has 1 saturated heterocycles. The SMILES string of the molecule is COc1ccc(CCNC(=O)N2CCC(c3nc4cc(Cl)ccc4s3)CC2)c(OC)c1. The number of hydrogen-bond acceptors (Lipinski definition) is 5. The molecule has 1 fully saturated rings. The number of carbonyl (C=O) groups excluding carboxylic acids is 1. The summed E-state index contributed by atoms with van der Waals surface area (Å²) >= 11 is 7.81. The van der Waals surface area contributed by atoms with E-state index in [-0.39, 0.29) is 6.03 Å². The molecule has 0 spiro atoms. The highest BCUT2D eigenvalue weighted by Crippen LogP contribution is 2.34. The zero-order valence-corrected chi connectivity index (χ0v) is 19.3. The second-order valence-corrected chi connectivity index (χ2v) is 9.08. The minimum Gasteiger partial charge on any atom is -0.497 e. The Bertz CT molecular complexity index is 1060. The van der Waals surface area contributed by atoms with E-state index in [9.17, 15) is 4.79 Å². The first-order valence-electron chi connectivity index (χ1n) is 10.4. The summed E-state index contributed by atoms with van der Waals surface area (Å²) in [5.74, 6) is 1.92. The molecule has 31 heavy (non-hydrogen) atoms. The van der Waals surface area contributed by atoms with Crippen LogP contribution in [0.1, 0.15) is 29.3 Å². The normalized spacial score (nSPS) is 14.6. The molecule has 6 nitrogen and oxygen atoms in total. The van der Waals surface area contributed by atoms with Crippen LogP contribution >= 0.6 is 22.9 Å². The van der Waals surface area contributed by atoms with Gasteiger partial charge in [0.1, 0.15) is 11.5 Å². The van der Waals surface area contributed by atoms with Gasteiger partial charge in [-0.1, -0.05) is 17.7 Å². The topological polar surface area (TPSA) is 63.7 Å². The number of rotatable bonds is 6. The van der Waals surface area contributed by atoms with Gasteiger partial charge in [-0.05, 0) is 49.1 Å². The molecule has 3 aromatic rings. The van der Waals surface area contributed by atoms with Gasteiger partial charge >= 0.3 is 6.03 Å². The summed E-state index contributed by atoms with van der Waals surface area (Å²) in [5.41, 5.74) is 2.00. The Morgan fingerprint density at radius 3 is 2.74 bits per heavy atom. The molecule has 0 unspecified atom stereocenters. The van der Waals surface area contributed by atoms with Crippen LogP contribution in [-0.4, -0.2) is 49.8 Å². The van der Waals surface area contributed by atoms with Crippen molar-refractivity contribution in [3.63, 3.8) is 0 Å². The lowest BCUT2D eigenvalue weighted by Crippen LogP contribution is -2.44. The number of methoxy groups -OCH3 is 2. The summed E-state index contributed by atoms with van der Waals surface area (Å²) in [6.45, 7) is 2.03. The number of ether oxygens (including phenoxy) is 2. The highest BCUT2D eigenvalue weighted by Gasteiger charge is 2.26. The standard InChI is InChI=1S/C23H26ClN3O3S/c1-29-18-5-3-15(20(14-18)30-2)7-10-25-23(28)27-11-8-16(9-12-27)22-26-19-13-17(24)4-6-21(19)31-22/h3-6,13-14,16H,7-12H2,1-2H3,(H,25,28). The number of hydrogen-bond donors (Lipinski definition) is 1. The van der Waals surface area contributed by atoms with Crippen molar-refractivity contribution in [1.29, 1.82) is 0 Å². The van der Waals surface area contributed by atoms with Gasteiger partial charge in [0.2, 0.25) is 0 Å². The molecule has 0 bridgehead atoms. The van der Waals surface area contributed by atoms with Crippen molar-refractivity contribution in [1.82, 2.24) is 15.2 Å². The Morgan fingerprint density at radius 1 is 1.19 bits per heavy atom. The maximum atomic E-state index is 12.6. The maximum absolute atomic E-state index is 12.6. The molecule has 2 amide bonds. The number of piperidine rings is 1. The zero-order valence-electron chi connectivity index (χ0n) is 17.7. The van der Waals surface area contributed by atoms with Gasteiger partial charge in [0.15, 0.2) is 0 Å². The highest BCUT2D eigenvalue weighted by molar-refractivity contribution is 7.18. The molecule has 0 aliphatic carbocycles. The van der Waals surface area contributed by atoms with Gasteiger partial charge in [-0.3, -0.25) is 0 Å². The number of aromatic nitrogens is 1. The van der Waals surface area contributed by atoms with E-state index in [1.165, 1.54) is 0 Å². The van der Waals surface area contributed by atoms with Gasteiger partial charge in [-0.25, -0.2) is 9.78 Å². The molecule has 0 atom stereocenters. The lowest BCUT2D eigenvalue weighted by Gasteiger charge is -2.31. The molecule has 2 heterocycles. The van der Waals surface area contributed by atoms with Gasteiger partial charge in [0.25, 0.3) is 0 Å². The van der Waals surface area contributed by atoms with Crippen LogP contribution in [0.25, 0.3) is 10.2 Å². The lowest BCUT2D eigenvalue weighted by molar-refractivity contribution is 0.181. The second-order valence-electron chi connectivity index (χ2n) is 7.59. The number of nitrogens with one attached hydrogen (secondary N) is 1. The van der Waals surface area contributed by atoms with Gasteiger partial charge in [0.05, 0.1) is 29.4 Å². The van der Waals surface area contributed by atoms with Crippen molar-refractivity contribution in [2.75, 3.05) is 33.9 Å². The van der Waals surface area contributed by atoms with Gasteiger partial charge in [-0.2, -0.15) is 0 Å². The fraction of sp³-hybridized carbons (Fsp3) is 0.391. The average Bonchev–Trinajstić information content (AvgIpc) is 3.22. The van der Waals surface area contributed by atoms with Crippen LogP contribution in [0.5, 0.6) is 11.5 Å². The van der Waals surface area contributed by atoms with Crippen molar-refractivity contribution >= 4 is 39.2 Å². The van der Waals surface area contributed by atoms with Crippen LogP contribution in [0, 0.1) is 0 Å². The average molecular weight is 460 g/mol. The first-order valence-corrected chi connectivity index (χ1v) is 11.6. The number of halogens is 1. The molecule has 1 N–H and O–H groups in total. The van der Waals surface area contributed by atoms with E-state index >= 15 is 0 Å².